The third-order valence-corrected chi connectivity index (χ3v) is 5.91. The fourth-order valence-corrected chi connectivity index (χ4v) is 4.12. The molecular formula is C27H24FN5O3. The Kier molecular flexibility index (Phi) is 6.36. The smallest absolute Gasteiger partial charge is 0.255 e. The van der Waals surface area contributed by atoms with E-state index in [0.717, 1.165) is 11.1 Å². The van der Waals surface area contributed by atoms with Crippen molar-refractivity contribution >= 4 is 17.5 Å². The maximum Gasteiger partial charge on any atom is 0.255 e. The largest absolute Gasteiger partial charge is 0.495 e. The van der Waals surface area contributed by atoms with Gasteiger partial charge in [0, 0.05) is 5.70 Å². The molecule has 0 bridgehead atoms. The zero-order chi connectivity index (χ0) is 25.1. The fourth-order valence-electron chi connectivity index (χ4n) is 4.12. The number of ether oxygens (including phenoxy) is 2. The Bertz CT molecular complexity index is 1410. The summed E-state index contributed by atoms with van der Waals surface area (Å²) >= 11 is 0. The van der Waals surface area contributed by atoms with Gasteiger partial charge in [-0.3, -0.25) is 4.79 Å². The monoisotopic (exact) mass is 485 g/mol. The van der Waals surface area contributed by atoms with Gasteiger partial charge in [-0.15, -0.1) is 0 Å². The number of anilines is 2. The molecule has 8 nitrogen and oxygen atoms in total. The second-order valence-corrected chi connectivity index (χ2v) is 8.23. The predicted molar refractivity (Wildman–Crippen MR) is 133 cm³/mol. The quantitative estimate of drug-likeness (QED) is 0.386. The molecule has 4 aromatic rings. The lowest BCUT2D eigenvalue weighted by Crippen LogP contribution is -2.31. The molecule has 0 saturated carbocycles. The molecule has 0 saturated heterocycles. The van der Waals surface area contributed by atoms with Crippen LogP contribution in [0, 0.1) is 5.82 Å². The number of halogens is 1. The summed E-state index contributed by atoms with van der Waals surface area (Å²) in [5.74, 6) is 1.19. The molecule has 1 atom stereocenters. The van der Waals surface area contributed by atoms with Gasteiger partial charge in [-0.1, -0.05) is 36.4 Å². The van der Waals surface area contributed by atoms with Gasteiger partial charge in [-0.25, -0.2) is 9.07 Å². The van der Waals surface area contributed by atoms with Gasteiger partial charge < -0.3 is 20.1 Å². The maximum absolute atomic E-state index is 13.5. The van der Waals surface area contributed by atoms with E-state index in [1.165, 1.54) is 18.5 Å². The van der Waals surface area contributed by atoms with Gasteiger partial charge in [0.25, 0.3) is 5.91 Å². The molecule has 0 fully saturated rings. The minimum atomic E-state index is -0.510. The number of benzene rings is 3. The van der Waals surface area contributed by atoms with Crippen LogP contribution in [0.25, 0.3) is 0 Å². The first-order valence-corrected chi connectivity index (χ1v) is 11.3. The van der Waals surface area contributed by atoms with Crippen molar-refractivity contribution in [2.45, 2.75) is 19.6 Å². The van der Waals surface area contributed by atoms with Gasteiger partial charge in [0.2, 0.25) is 5.95 Å². The molecule has 5 rings (SSSR count). The third kappa shape index (κ3) is 4.63. The van der Waals surface area contributed by atoms with E-state index in [-0.39, 0.29) is 11.7 Å². The number of nitrogens with zero attached hydrogens (tertiary/aromatic N) is 3. The zero-order valence-corrected chi connectivity index (χ0v) is 19.7. The van der Waals surface area contributed by atoms with E-state index in [0.29, 0.717) is 41.0 Å². The zero-order valence-electron chi connectivity index (χ0n) is 19.7. The van der Waals surface area contributed by atoms with E-state index in [1.807, 2.05) is 43.3 Å². The SMILES string of the molecule is COc1ccccc1NC(=O)C1=C(C)Nc2ncnn2[C@@H]1c1ccc(OCc2ccc(F)cc2)cc1. The number of nitrogens with one attached hydrogen (secondary N) is 2. The molecule has 182 valence electrons. The van der Waals surface area contributed by atoms with E-state index < -0.39 is 6.04 Å². The number of amides is 1. The summed E-state index contributed by atoms with van der Waals surface area (Å²) in [4.78, 5) is 17.8. The van der Waals surface area contributed by atoms with Crippen LogP contribution in [0.5, 0.6) is 11.5 Å². The molecule has 0 spiro atoms. The first-order valence-electron chi connectivity index (χ1n) is 11.3. The Balaban J connectivity index is 1.41. The highest BCUT2D eigenvalue weighted by Gasteiger charge is 2.33. The molecule has 1 amide bonds. The van der Waals surface area contributed by atoms with Crippen LogP contribution >= 0.6 is 0 Å². The Morgan fingerprint density at radius 1 is 1.08 bits per heavy atom. The lowest BCUT2D eigenvalue weighted by molar-refractivity contribution is -0.113. The Labute approximate surface area is 207 Å². The van der Waals surface area contributed by atoms with Crippen LogP contribution in [-0.2, 0) is 11.4 Å². The van der Waals surface area contributed by atoms with Crippen molar-refractivity contribution in [2.75, 3.05) is 17.7 Å². The van der Waals surface area contributed by atoms with Gasteiger partial charge >= 0.3 is 0 Å². The average molecular weight is 486 g/mol. The summed E-state index contributed by atoms with van der Waals surface area (Å²) in [5.41, 5.74) is 3.43. The van der Waals surface area contributed by atoms with E-state index in [4.69, 9.17) is 9.47 Å². The number of para-hydroxylation sites is 2. The van der Waals surface area contributed by atoms with E-state index in [9.17, 15) is 9.18 Å². The molecule has 1 aliphatic rings. The summed E-state index contributed by atoms with van der Waals surface area (Å²) in [6.45, 7) is 2.15. The third-order valence-electron chi connectivity index (χ3n) is 5.91. The van der Waals surface area contributed by atoms with Crippen molar-refractivity contribution < 1.29 is 18.7 Å². The maximum atomic E-state index is 13.5. The number of fused-ring (bicyclic) bond motifs is 1. The molecule has 0 radical (unpaired) electrons. The normalized spacial score (nSPS) is 14.6. The molecule has 1 aliphatic heterocycles. The lowest BCUT2D eigenvalue weighted by Gasteiger charge is -2.29. The van der Waals surface area contributed by atoms with Crippen molar-refractivity contribution in [3.8, 4) is 11.5 Å². The second kappa shape index (κ2) is 9.91. The van der Waals surface area contributed by atoms with E-state index in [2.05, 4.69) is 20.7 Å². The van der Waals surface area contributed by atoms with Crippen molar-refractivity contribution in [3.05, 3.63) is 107 Å². The van der Waals surface area contributed by atoms with Gasteiger partial charge in [0.1, 0.15) is 36.3 Å². The van der Waals surface area contributed by atoms with Crippen LogP contribution in [0.2, 0.25) is 0 Å². The lowest BCUT2D eigenvalue weighted by atomic mass is 9.95. The number of hydrogen-bond donors (Lipinski definition) is 2. The Hall–Kier alpha value is -4.66. The van der Waals surface area contributed by atoms with Crippen LogP contribution in [0.3, 0.4) is 0 Å². The highest BCUT2D eigenvalue weighted by atomic mass is 19.1. The molecular weight excluding hydrogens is 461 g/mol. The van der Waals surface area contributed by atoms with Gasteiger partial charge in [-0.05, 0) is 54.4 Å². The minimum Gasteiger partial charge on any atom is -0.495 e. The highest BCUT2D eigenvalue weighted by molar-refractivity contribution is 6.06. The predicted octanol–water partition coefficient (Wildman–Crippen LogP) is 4.93. The molecule has 0 aliphatic carbocycles. The fraction of sp³-hybridized carbons (Fsp3) is 0.148. The van der Waals surface area contributed by atoms with Crippen LogP contribution < -0.4 is 20.1 Å². The average Bonchev–Trinajstić information content (AvgIpc) is 3.36. The van der Waals surface area contributed by atoms with Gasteiger partial charge in [-0.2, -0.15) is 10.1 Å². The number of allylic oxidation sites excluding steroid dienone is 1. The molecule has 0 unspecified atom stereocenters. The topological polar surface area (TPSA) is 90.3 Å². The number of carbonyl (C=O) groups excluding carboxylic acids is 1. The number of carbonyl (C=O) groups is 1. The molecule has 3 aromatic carbocycles. The van der Waals surface area contributed by atoms with Crippen LogP contribution in [0.4, 0.5) is 16.0 Å². The highest BCUT2D eigenvalue weighted by Crippen LogP contribution is 2.36. The first-order chi connectivity index (χ1) is 17.5. The molecule has 9 heteroatoms. The standard InChI is InChI=1S/C27H24FN5O3/c1-17-24(26(34)32-22-5-3-4-6-23(22)35-2)25(33-27(31-17)29-16-30-33)19-9-13-21(14-10-19)36-15-18-7-11-20(28)12-8-18/h3-14,16,25H,15H2,1-2H3,(H,32,34)(H,29,30,31)/t25-/m1/s1. The summed E-state index contributed by atoms with van der Waals surface area (Å²) in [7, 11) is 1.56. The van der Waals surface area contributed by atoms with Gasteiger partial charge in [0.15, 0.2) is 0 Å². The summed E-state index contributed by atoms with van der Waals surface area (Å²) < 4.78 is 26.1. The molecule has 36 heavy (non-hydrogen) atoms. The molecule has 2 N–H and O–H groups in total. The van der Waals surface area contributed by atoms with Crippen LogP contribution in [-0.4, -0.2) is 27.8 Å². The van der Waals surface area contributed by atoms with E-state index >= 15 is 0 Å². The second-order valence-electron chi connectivity index (χ2n) is 8.23. The Morgan fingerprint density at radius 3 is 2.58 bits per heavy atom. The number of rotatable bonds is 7. The van der Waals surface area contributed by atoms with Crippen molar-refractivity contribution in [1.29, 1.82) is 0 Å². The molecule has 1 aromatic heterocycles. The summed E-state index contributed by atoms with van der Waals surface area (Å²) in [6, 6.07) is 20.4. The number of aromatic nitrogens is 3. The van der Waals surface area contributed by atoms with Crippen molar-refractivity contribution in [2.24, 2.45) is 0 Å². The van der Waals surface area contributed by atoms with Crippen LogP contribution in [0.1, 0.15) is 24.1 Å². The van der Waals surface area contributed by atoms with Crippen molar-refractivity contribution in [1.82, 2.24) is 14.8 Å². The minimum absolute atomic E-state index is 0.285. The molecule has 2 heterocycles. The van der Waals surface area contributed by atoms with E-state index in [1.54, 1.807) is 36.1 Å². The summed E-state index contributed by atoms with van der Waals surface area (Å²) in [6.07, 6.45) is 1.45. The van der Waals surface area contributed by atoms with Crippen molar-refractivity contribution in [3.63, 3.8) is 0 Å². The Morgan fingerprint density at radius 2 is 1.83 bits per heavy atom. The van der Waals surface area contributed by atoms with Gasteiger partial charge in [0.05, 0.1) is 18.4 Å². The number of methoxy groups -OCH3 is 1. The summed E-state index contributed by atoms with van der Waals surface area (Å²) in [5, 5.41) is 10.5. The number of hydrogen-bond acceptors (Lipinski definition) is 6. The van der Waals surface area contributed by atoms with Crippen LogP contribution in [0.15, 0.2) is 90.4 Å². The first kappa shape index (κ1) is 23.1.